The summed E-state index contributed by atoms with van der Waals surface area (Å²) in [7, 11) is 2.27. The fourth-order valence-electron chi connectivity index (χ4n) is 3.06. The topological polar surface area (TPSA) is 29.3 Å². The van der Waals surface area contributed by atoms with Crippen molar-refractivity contribution in [1.82, 2.24) is 4.90 Å². The third-order valence-corrected chi connectivity index (χ3v) is 4.30. The van der Waals surface area contributed by atoms with E-state index in [0.29, 0.717) is 12.1 Å². The van der Waals surface area contributed by atoms with E-state index in [0.717, 1.165) is 11.8 Å². The van der Waals surface area contributed by atoms with E-state index in [1.54, 1.807) is 0 Å². The fourth-order valence-corrected chi connectivity index (χ4v) is 3.06. The lowest BCUT2D eigenvalue weighted by atomic mass is 9.80. The minimum Gasteiger partial charge on any atom is -0.326 e. The highest BCUT2D eigenvalue weighted by Crippen LogP contribution is 2.29. The molecule has 2 heteroatoms. The number of likely N-dealkylation sites (N-methyl/N-ethyl adjacent to an activating group) is 1. The zero-order valence-corrected chi connectivity index (χ0v) is 12.3. The van der Waals surface area contributed by atoms with Crippen LogP contribution in [0.2, 0.25) is 0 Å². The number of hydrogen-bond acceptors (Lipinski definition) is 2. The maximum Gasteiger partial charge on any atom is 0.0246 e. The van der Waals surface area contributed by atoms with Crippen molar-refractivity contribution in [3.8, 4) is 0 Å². The van der Waals surface area contributed by atoms with E-state index in [1.807, 2.05) is 0 Å². The van der Waals surface area contributed by atoms with E-state index in [1.165, 1.54) is 45.1 Å². The Morgan fingerprint density at radius 2 is 2.00 bits per heavy atom. The van der Waals surface area contributed by atoms with E-state index in [2.05, 4.69) is 32.7 Å². The Morgan fingerprint density at radius 1 is 1.29 bits per heavy atom. The molecular weight excluding hydrogens is 208 g/mol. The molecular formula is C15H32N2. The van der Waals surface area contributed by atoms with Crippen LogP contribution in [-0.2, 0) is 0 Å². The lowest BCUT2D eigenvalue weighted by Crippen LogP contribution is -2.50. The van der Waals surface area contributed by atoms with Crippen LogP contribution in [0.1, 0.15) is 59.3 Å². The molecule has 0 bridgehead atoms. The molecule has 0 amide bonds. The van der Waals surface area contributed by atoms with Crippen molar-refractivity contribution in [2.75, 3.05) is 13.6 Å². The van der Waals surface area contributed by atoms with Gasteiger partial charge in [0.05, 0.1) is 0 Å². The third kappa shape index (κ3) is 4.97. The number of hydrogen-bond donors (Lipinski definition) is 1. The summed E-state index contributed by atoms with van der Waals surface area (Å²) in [5.74, 6) is 1.72. The molecule has 1 aliphatic carbocycles. The van der Waals surface area contributed by atoms with Crippen molar-refractivity contribution in [3.05, 3.63) is 0 Å². The van der Waals surface area contributed by atoms with Gasteiger partial charge in [-0.15, -0.1) is 0 Å². The molecule has 0 saturated heterocycles. The fraction of sp³-hybridized carbons (Fsp3) is 1.00. The Bertz CT molecular complexity index is 203. The average molecular weight is 240 g/mol. The summed E-state index contributed by atoms with van der Waals surface area (Å²) in [6.07, 6.45) is 7.90. The average Bonchev–Trinajstić information content (AvgIpc) is 2.29. The standard InChI is InChI=1S/C15H32N2/c1-5-6-13-7-8-14(16)15(11-13)17(4)10-9-12(2)3/h12-15H,5-11,16H2,1-4H3. The molecule has 2 N–H and O–H groups in total. The van der Waals surface area contributed by atoms with Gasteiger partial charge in [-0.1, -0.05) is 33.6 Å². The Morgan fingerprint density at radius 3 is 2.59 bits per heavy atom. The van der Waals surface area contributed by atoms with E-state index in [9.17, 15) is 0 Å². The lowest BCUT2D eigenvalue weighted by molar-refractivity contribution is 0.128. The van der Waals surface area contributed by atoms with Gasteiger partial charge < -0.3 is 10.6 Å². The zero-order chi connectivity index (χ0) is 12.8. The first-order chi connectivity index (χ1) is 8.04. The zero-order valence-electron chi connectivity index (χ0n) is 12.3. The van der Waals surface area contributed by atoms with Crippen LogP contribution < -0.4 is 5.73 Å². The van der Waals surface area contributed by atoms with Gasteiger partial charge >= 0.3 is 0 Å². The van der Waals surface area contributed by atoms with Crippen molar-refractivity contribution in [3.63, 3.8) is 0 Å². The molecule has 3 atom stereocenters. The summed E-state index contributed by atoms with van der Waals surface area (Å²) in [6.45, 7) is 8.10. The molecule has 0 radical (unpaired) electrons. The molecule has 0 aromatic carbocycles. The highest BCUT2D eigenvalue weighted by atomic mass is 15.1. The Labute approximate surface area is 108 Å². The highest BCUT2D eigenvalue weighted by Gasteiger charge is 2.30. The van der Waals surface area contributed by atoms with Gasteiger partial charge in [0.1, 0.15) is 0 Å². The molecule has 2 nitrogen and oxygen atoms in total. The number of rotatable bonds is 6. The van der Waals surface area contributed by atoms with Crippen molar-refractivity contribution in [1.29, 1.82) is 0 Å². The smallest absolute Gasteiger partial charge is 0.0246 e. The minimum absolute atomic E-state index is 0.403. The van der Waals surface area contributed by atoms with Crippen LogP contribution in [0.5, 0.6) is 0 Å². The van der Waals surface area contributed by atoms with Crippen LogP contribution in [0.25, 0.3) is 0 Å². The number of nitrogens with two attached hydrogens (primary N) is 1. The van der Waals surface area contributed by atoms with Crippen molar-refractivity contribution >= 4 is 0 Å². The highest BCUT2D eigenvalue weighted by molar-refractivity contribution is 4.88. The van der Waals surface area contributed by atoms with Crippen LogP contribution >= 0.6 is 0 Å². The second-order valence-corrected chi connectivity index (χ2v) is 6.36. The maximum absolute atomic E-state index is 6.30. The van der Waals surface area contributed by atoms with Gasteiger partial charge in [-0.25, -0.2) is 0 Å². The van der Waals surface area contributed by atoms with Crippen molar-refractivity contribution in [2.45, 2.75) is 71.4 Å². The molecule has 1 fully saturated rings. The maximum atomic E-state index is 6.30. The monoisotopic (exact) mass is 240 g/mol. The van der Waals surface area contributed by atoms with Gasteiger partial charge in [-0.3, -0.25) is 0 Å². The Hall–Kier alpha value is -0.0800. The Kier molecular flexibility index (Phi) is 6.50. The molecule has 0 aliphatic heterocycles. The van der Waals surface area contributed by atoms with Gasteiger partial charge in [-0.05, 0) is 51.1 Å². The second-order valence-electron chi connectivity index (χ2n) is 6.36. The second kappa shape index (κ2) is 7.38. The molecule has 1 saturated carbocycles. The van der Waals surface area contributed by atoms with Crippen LogP contribution in [-0.4, -0.2) is 30.6 Å². The molecule has 1 aliphatic rings. The molecule has 0 spiro atoms. The molecule has 17 heavy (non-hydrogen) atoms. The summed E-state index contributed by atoms with van der Waals surface area (Å²) < 4.78 is 0. The largest absolute Gasteiger partial charge is 0.326 e. The SMILES string of the molecule is CCCC1CCC(N)C(N(C)CCC(C)C)C1. The van der Waals surface area contributed by atoms with Crippen LogP contribution in [0.15, 0.2) is 0 Å². The van der Waals surface area contributed by atoms with E-state index >= 15 is 0 Å². The molecule has 102 valence electrons. The molecule has 0 aromatic heterocycles. The summed E-state index contributed by atoms with van der Waals surface area (Å²) >= 11 is 0. The van der Waals surface area contributed by atoms with Crippen LogP contribution in [0.4, 0.5) is 0 Å². The molecule has 3 unspecified atom stereocenters. The third-order valence-electron chi connectivity index (χ3n) is 4.30. The first kappa shape index (κ1) is 15.0. The first-order valence-electron chi connectivity index (χ1n) is 7.50. The molecule has 1 rings (SSSR count). The van der Waals surface area contributed by atoms with Gasteiger partial charge in [0.2, 0.25) is 0 Å². The van der Waals surface area contributed by atoms with Gasteiger partial charge in [0, 0.05) is 12.1 Å². The van der Waals surface area contributed by atoms with E-state index in [4.69, 9.17) is 5.73 Å². The molecule has 0 aromatic rings. The summed E-state index contributed by atoms with van der Waals surface area (Å²) in [4.78, 5) is 2.52. The summed E-state index contributed by atoms with van der Waals surface area (Å²) in [5.41, 5.74) is 6.30. The number of nitrogens with zero attached hydrogens (tertiary/aromatic N) is 1. The predicted octanol–water partition coefficient (Wildman–Crippen LogP) is 3.26. The predicted molar refractivity (Wildman–Crippen MR) is 76.1 cm³/mol. The van der Waals surface area contributed by atoms with E-state index in [-0.39, 0.29) is 0 Å². The van der Waals surface area contributed by atoms with Gasteiger partial charge in [0.15, 0.2) is 0 Å². The summed E-state index contributed by atoms with van der Waals surface area (Å²) in [6, 6.07) is 1.03. The Balaban J connectivity index is 2.42. The van der Waals surface area contributed by atoms with Gasteiger partial charge in [0.25, 0.3) is 0 Å². The lowest BCUT2D eigenvalue weighted by Gasteiger charge is -2.40. The molecule has 0 heterocycles. The quantitative estimate of drug-likeness (QED) is 0.772. The van der Waals surface area contributed by atoms with Crippen LogP contribution in [0.3, 0.4) is 0 Å². The normalized spacial score (nSPS) is 30.2. The van der Waals surface area contributed by atoms with Crippen molar-refractivity contribution < 1.29 is 0 Å². The summed E-state index contributed by atoms with van der Waals surface area (Å²) in [5, 5.41) is 0. The van der Waals surface area contributed by atoms with Crippen LogP contribution in [0, 0.1) is 11.8 Å². The first-order valence-corrected chi connectivity index (χ1v) is 7.50. The van der Waals surface area contributed by atoms with E-state index < -0.39 is 0 Å². The van der Waals surface area contributed by atoms with Gasteiger partial charge in [-0.2, -0.15) is 0 Å². The van der Waals surface area contributed by atoms with Crippen molar-refractivity contribution in [2.24, 2.45) is 17.6 Å². The minimum atomic E-state index is 0.403.